The number of hydrogen-bond acceptors (Lipinski definition) is 6. The standard InChI is InChI=1S/C37H54N4O4S2/c1-4-5-6-7-8-9-10-11-12-13-14-15-16-17-18-19-20-21-22-25-34(42)39-27-28-46-47-37(2,3)33(31-41-36(44)45)30-40-35(43)32-24-23-26-38-29-32/h5-6,8-9,11-12,14-15,17-18,20-21,23-24,26,29,33,41H,4,7,10,13,16,19,22,25,27-28,30-31H2,1-3H3,(H,39,42)(H,40,43)(H,44,45)/b6-5-,9-8-,12-11-,15-14-,18-17-,21-20-. The van der Waals surface area contributed by atoms with Gasteiger partial charge in [-0.15, -0.1) is 0 Å². The van der Waals surface area contributed by atoms with Crippen molar-refractivity contribution < 1.29 is 19.5 Å². The molecular formula is C37H54N4O4S2. The number of nitrogens with zero attached hydrogens (tertiary/aromatic N) is 1. The van der Waals surface area contributed by atoms with Crippen molar-refractivity contribution in [2.75, 3.05) is 25.4 Å². The molecule has 0 bridgehead atoms. The zero-order valence-electron chi connectivity index (χ0n) is 28.2. The molecule has 1 unspecified atom stereocenters. The Morgan fingerprint density at radius 2 is 1.38 bits per heavy atom. The zero-order chi connectivity index (χ0) is 34.4. The fourth-order valence-electron chi connectivity index (χ4n) is 4.03. The van der Waals surface area contributed by atoms with Crippen LogP contribution in [0.15, 0.2) is 97.4 Å². The normalized spacial score (nSPS) is 13.1. The van der Waals surface area contributed by atoms with Gasteiger partial charge in [-0.05, 0) is 70.9 Å². The van der Waals surface area contributed by atoms with Crippen molar-refractivity contribution in [2.24, 2.45) is 5.92 Å². The highest BCUT2D eigenvalue weighted by Gasteiger charge is 2.31. The van der Waals surface area contributed by atoms with Crippen molar-refractivity contribution in [3.8, 4) is 0 Å². The van der Waals surface area contributed by atoms with Crippen LogP contribution in [0.3, 0.4) is 0 Å². The third-order valence-electron chi connectivity index (χ3n) is 6.83. The summed E-state index contributed by atoms with van der Waals surface area (Å²) in [5, 5.41) is 17.4. The van der Waals surface area contributed by atoms with Crippen molar-refractivity contribution in [1.29, 1.82) is 0 Å². The Bertz CT molecular complexity index is 1190. The van der Waals surface area contributed by atoms with Gasteiger partial charge in [0.2, 0.25) is 5.91 Å². The van der Waals surface area contributed by atoms with Crippen molar-refractivity contribution in [2.45, 2.75) is 76.9 Å². The summed E-state index contributed by atoms with van der Waals surface area (Å²) >= 11 is 0. The summed E-state index contributed by atoms with van der Waals surface area (Å²) < 4.78 is -0.352. The number of allylic oxidation sites excluding steroid dienone is 12. The average molecular weight is 683 g/mol. The van der Waals surface area contributed by atoms with Gasteiger partial charge in [-0.25, -0.2) is 4.79 Å². The van der Waals surface area contributed by atoms with Gasteiger partial charge in [0.05, 0.1) is 5.56 Å². The Kier molecular flexibility index (Phi) is 24.4. The third-order valence-corrected chi connectivity index (χ3v) is 10.2. The van der Waals surface area contributed by atoms with E-state index in [-0.39, 0.29) is 29.0 Å². The predicted octanol–water partition coefficient (Wildman–Crippen LogP) is 8.45. The summed E-state index contributed by atoms with van der Waals surface area (Å²) in [4.78, 5) is 39.8. The maximum atomic E-state index is 12.5. The molecule has 0 aliphatic heterocycles. The quantitative estimate of drug-likeness (QED) is 0.0464. The van der Waals surface area contributed by atoms with Crippen LogP contribution in [-0.4, -0.2) is 58.1 Å². The van der Waals surface area contributed by atoms with Crippen LogP contribution in [0.25, 0.3) is 0 Å². The number of carbonyl (C=O) groups is 3. The second-order valence-electron chi connectivity index (χ2n) is 11.1. The van der Waals surface area contributed by atoms with Gasteiger partial charge in [-0.3, -0.25) is 14.6 Å². The van der Waals surface area contributed by atoms with E-state index in [0.29, 0.717) is 37.2 Å². The lowest BCUT2D eigenvalue weighted by Gasteiger charge is -2.33. The van der Waals surface area contributed by atoms with Crippen LogP contribution in [0.1, 0.15) is 82.5 Å². The lowest BCUT2D eigenvalue weighted by molar-refractivity contribution is -0.120. The SMILES string of the molecule is CC/C=C\C/C=C\C/C=C\C/C=C\C/C=C\C/C=C\CCC(=O)NCCSSC(C)(C)C(CNC(=O)O)CNC(=O)c1cccnc1. The molecule has 0 radical (unpaired) electrons. The van der Waals surface area contributed by atoms with Crippen molar-refractivity contribution in [1.82, 2.24) is 20.9 Å². The first-order valence-corrected chi connectivity index (χ1v) is 18.7. The molecule has 0 saturated heterocycles. The van der Waals surface area contributed by atoms with Gasteiger partial charge in [-0.2, -0.15) is 0 Å². The molecule has 47 heavy (non-hydrogen) atoms. The van der Waals surface area contributed by atoms with Gasteiger partial charge < -0.3 is 21.1 Å². The minimum Gasteiger partial charge on any atom is -0.465 e. The minimum absolute atomic E-state index is 0.0241. The molecule has 1 atom stereocenters. The molecule has 0 saturated carbocycles. The monoisotopic (exact) mass is 682 g/mol. The van der Waals surface area contributed by atoms with Crippen LogP contribution in [0.5, 0.6) is 0 Å². The van der Waals surface area contributed by atoms with Gasteiger partial charge >= 0.3 is 6.09 Å². The molecule has 10 heteroatoms. The van der Waals surface area contributed by atoms with E-state index in [0.717, 1.165) is 38.5 Å². The Morgan fingerprint density at radius 1 is 0.830 bits per heavy atom. The number of carbonyl (C=O) groups excluding carboxylic acids is 2. The molecule has 0 aromatic carbocycles. The molecule has 1 aromatic rings. The summed E-state index contributed by atoms with van der Waals surface area (Å²) in [6.07, 6.45) is 34.9. The fourth-order valence-corrected chi connectivity index (χ4v) is 6.72. The van der Waals surface area contributed by atoms with E-state index in [9.17, 15) is 14.4 Å². The molecule has 0 aliphatic carbocycles. The number of aromatic nitrogens is 1. The predicted molar refractivity (Wildman–Crippen MR) is 201 cm³/mol. The summed E-state index contributed by atoms with van der Waals surface area (Å²) in [6.45, 7) is 7.26. The van der Waals surface area contributed by atoms with Crippen LogP contribution in [-0.2, 0) is 4.79 Å². The van der Waals surface area contributed by atoms with E-state index >= 15 is 0 Å². The fraction of sp³-hybridized carbons (Fsp3) is 0.459. The lowest BCUT2D eigenvalue weighted by Crippen LogP contribution is -2.44. The maximum Gasteiger partial charge on any atom is 0.404 e. The largest absolute Gasteiger partial charge is 0.465 e. The lowest BCUT2D eigenvalue weighted by atomic mass is 9.94. The zero-order valence-corrected chi connectivity index (χ0v) is 29.9. The number of hydrogen-bond donors (Lipinski definition) is 4. The highest BCUT2D eigenvalue weighted by atomic mass is 33.1. The Morgan fingerprint density at radius 3 is 1.91 bits per heavy atom. The van der Waals surface area contributed by atoms with Gasteiger partial charge in [0, 0.05) is 54.9 Å². The summed E-state index contributed by atoms with van der Waals surface area (Å²) in [5.41, 5.74) is 0.453. The number of carboxylic acid groups (broad SMARTS) is 1. The van der Waals surface area contributed by atoms with Crippen LogP contribution in [0.4, 0.5) is 4.79 Å². The van der Waals surface area contributed by atoms with Crippen LogP contribution in [0, 0.1) is 5.92 Å². The summed E-state index contributed by atoms with van der Waals surface area (Å²) in [6, 6.07) is 3.37. The van der Waals surface area contributed by atoms with E-state index in [1.165, 1.54) is 6.20 Å². The van der Waals surface area contributed by atoms with Gasteiger partial charge in [-0.1, -0.05) is 101 Å². The topological polar surface area (TPSA) is 120 Å². The van der Waals surface area contributed by atoms with Crippen LogP contribution < -0.4 is 16.0 Å². The Balaban J connectivity index is 2.19. The first kappa shape index (κ1) is 41.5. The molecule has 258 valence electrons. The van der Waals surface area contributed by atoms with Gasteiger partial charge in [0.25, 0.3) is 5.91 Å². The van der Waals surface area contributed by atoms with Gasteiger partial charge in [0.15, 0.2) is 0 Å². The molecule has 1 heterocycles. The minimum atomic E-state index is -1.10. The molecule has 1 rings (SSSR count). The first-order valence-electron chi connectivity index (χ1n) is 16.4. The number of rotatable bonds is 25. The van der Waals surface area contributed by atoms with Crippen molar-refractivity contribution >= 4 is 39.5 Å². The van der Waals surface area contributed by atoms with E-state index in [1.807, 2.05) is 19.9 Å². The summed E-state index contributed by atoms with van der Waals surface area (Å²) in [5.74, 6) is 0.322. The molecule has 0 fully saturated rings. The van der Waals surface area contributed by atoms with E-state index in [1.54, 1.807) is 39.9 Å². The van der Waals surface area contributed by atoms with Crippen molar-refractivity contribution in [3.05, 3.63) is 103 Å². The van der Waals surface area contributed by atoms with Gasteiger partial charge in [0.1, 0.15) is 0 Å². The Hall–Kier alpha value is -3.50. The summed E-state index contributed by atoms with van der Waals surface area (Å²) in [7, 11) is 3.24. The second-order valence-corrected chi connectivity index (χ2v) is 14.2. The molecule has 4 N–H and O–H groups in total. The molecule has 0 aliphatic rings. The average Bonchev–Trinajstić information content (AvgIpc) is 3.05. The van der Waals surface area contributed by atoms with Crippen LogP contribution >= 0.6 is 21.6 Å². The second kappa shape index (κ2) is 27.6. The molecular weight excluding hydrogens is 629 g/mol. The Labute approximate surface area is 290 Å². The maximum absolute atomic E-state index is 12.5. The smallest absolute Gasteiger partial charge is 0.404 e. The first-order chi connectivity index (χ1) is 22.8. The number of pyridine rings is 1. The molecule has 3 amide bonds. The third kappa shape index (κ3) is 23.5. The van der Waals surface area contributed by atoms with Crippen LogP contribution in [0.2, 0.25) is 0 Å². The van der Waals surface area contributed by atoms with E-state index in [4.69, 9.17) is 5.11 Å². The highest BCUT2D eigenvalue weighted by molar-refractivity contribution is 8.77. The highest BCUT2D eigenvalue weighted by Crippen LogP contribution is 2.40. The van der Waals surface area contributed by atoms with E-state index in [2.05, 4.69) is 94.7 Å². The molecule has 0 spiro atoms. The molecule has 8 nitrogen and oxygen atoms in total. The number of nitrogens with one attached hydrogen (secondary N) is 3. The molecule has 1 aromatic heterocycles. The number of amides is 3. The van der Waals surface area contributed by atoms with E-state index < -0.39 is 6.09 Å². The van der Waals surface area contributed by atoms with Crippen molar-refractivity contribution in [3.63, 3.8) is 0 Å².